The molecular formula is C27H37Br2N5O. The van der Waals surface area contributed by atoms with E-state index in [-0.39, 0.29) is 0 Å². The van der Waals surface area contributed by atoms with Gasteiger partial charge in [0, 0.05) is 48.8 Å². The maximum atomic E-state index is 5.52. The van der Waals surface area contributed by atoms with E-state index < -0.39 is 0 Å². The highest BCUT2D eigenvalue weighted by molar-refractivity contribution is 9.10. The SMILES string of the molecule is CBr.COc1cc(Br)ccc1CNC1CCC(CNc2nc3c(c(N(C)C)n2)CC=CC=C3)CC1. The number of ether oxygens (including phenoxy) is 1. The summed E-state index contributed by atoms with van der Waals surface area (Å²) in [6, 6.07) is 6.77. The molecule has 0 atom stereocenters. The van der Waals surface area contributed by atoms with E-state index in [1.807, 2.05) is 26.0 Å². The molecule has 0 radical (unpaired) electrons. The molecular weight excluding hydrogens is 570 g/mol. The van der Waals surface area contributed by atoms with Gasteiger partial charge in [0.25, 0.3) is 0 Å². The number of hydrogen-bond donors (Lipinski definition) is 2. The highest BCUT2D eigenvalue weighted by Gasteiger charge is 2.22. The first-order chi connectivity index (χ1) is 17.0. The van der Waals surface area contributed by atoms with Gasteiger partial charge in [-0.1, -0.05) is 56.2 Å². The molecule has 2 aromatic rings. The van der Waals surface area contributed by atoms with Gasteiger partial charge in [0.05, 0.1) is 12.8 Å². The fourth-order valence-corrected chi connectivity index (χ4v) is 4.95. The maximum Gasteiger partial charge on any atom is 0.225 e. The molecule has 35 heavy (non-hydrogen) atoms. The second kappa shape index (κ2) is 14.0. The molecule has 1 aromatic heterocycles. The van der Waals surface area contributed by atoms with Gasteiger partial charge >= 0.3 is 0 Å². The van der Waals surface area contributed by atoms with Crippen LogP contribution in [-0.4, -0.2) is 49.6 Å². The van der Waals surface area contributed by atoms with Crippen LogP contribution >= 0.6 is 31.9 Å². The summed E-state index contributed by atoms with van der Waals surface area (Å²) in [5, 5.41) is 7.26. The molecule has 6 nitrogen and oxygen atoms in total. The molecule has 2 aliphatic carbocycles. The van der Waals surface area contributed by atoms with Gasteiger partial charge in [0.1, 0.15) is 11.6 Å². The van der Waals surface area contributed by atoms with Crippen molar-refractivity contribution in [3.63, 3.8) is 0 Å². The zero-order chi connectivity index (χ0) is 25.2. The molecule has 190 valence electrons. The lowest BCUT2D eigenvalue weighted by atomic mass is 9.86. The lowest BCUT2D eigenvalue weighted by Gasteiger charge is -2.29. The Bertz CT molecular complexity index is 1020. The predicted octanol–water partition coefficient (Wildman–Crippen LogP) is 6.21. The molecule has 0 bridgehead atoms. The summed E-state index contributed by atoms with van der Waals surface area (Å²) in [6.45, 7) is 1.75. The standard InChI is InChI=1S/C26H34BrN5O.CH3Br/c1-32(2)25-22-7-5-4-6-8-23(22)30-26(31-25)29-16-18-9-13-21(14-10-18)28-17-19-11-12-20(27)15-24(19)33-3;1-2/h4-6,8,11-12,15,18,21,28H,7,9-10,13-14,16-17H2,1-3H3,(H,29,30,31);1H3. The van der Waals surface area contributed by atoms with Crippen molar-refractivity contribution in [3.05, 3.63) is 57.7 Å². The van der Waals surface area contributed by atoms with Gasteiger partial charge < -0.3 is 20.3 Å². The number of allylic oxidation sites excluding steroid dienone is 3. The van der Waals surface area contributed by atoms with Crippen molar-refractivity contribution < 1.29 is 4.74 Å². The summed E-state index contributed by atoms with van der Waals surface area (Å²) in [6.07, 6.45) is 14.0. The van der Waals surface area contributed by atoms with Crippen LogP contribution in [0, 0.1) is 5.92 Å². The van der Waals surface area contributed by atoms with Gasteiger partial charge in [-0.2, -0.15) is 4.98 Å². The number of nitrogens with zero attached hydrogens (tertiary/aromatic N) is 3. The van der Waals surface area contributed by atoms with E-state index >= 15 is 0 Å². The van der Waals surface area contributed by atoms with Gasteiger partial charge in [-0.25, -0.2) is 4.98 Å². The van der Waals surface area contributed by atoms with Crippen LogP contribution in [0.3, 0.4) is 0 Å². The molecule has 0 aliphatic heterocycles. The number of halogens is 2. The second-order valence-corrected chi connectivity index (χ2v) is 9.97. The Kier molecular flexibility index (Phi) is 11.1. The number of fused-ring (bicyclic) bond motifs is 1. The van der Waals surface area contributed by atoms with Crippen molar-refractivity contribution in [2.24, 2.45) is 5.92 Å². The molecule has 0 spiro atoms. The summed E-state index contributed by atoms with van der Waals surface area (Å²) in [5.74, 6) is 5.11. The average molecular weight is 607 g/mol. The fraction of sp³-hybridized carbons (Fsp3) is 0.481. The molecule has 4 rings (SSSR count). The Hall–Kier alpha value is -1.90. The topological polar surface area (TPSA) is 62.3 Å². The van der Waals surface area contributed by atoms with Gasteiger partial charge in [-0.05, 0) is 62.1 Å². The molecule has 1 heterocycles. The van der Waals surface area contributed by atoms with E-state index in [1.165, 1.54) is 36.8 Å². The van der Waals surface area contributed by atoms with Gasteiger partial charge in [0.15, 0.2) is 0 Å². The van der Waals surface area contributed by atoms with Crippen LogP contribution in [0.25, 0.3) is 6.08 Å². The third-order valence-electron chi connectivity index (χ3n) is 6.49. The highest BCUT2D eigenvalue weighted by Crippen LogP contribution is 2.28. The number of nitrogens with one attached hydrogen (secondary N) is 2. The highest BCUT2D eigenvalue weighted by atomic mass is 79.9. The summed E-state index contributed by atoms with van der Waals surface area (Å²) in [5.41, 5.74) is 3.40. The molecule has 1 aromatic carbocycles. The quantitative estimate of drug-likeness (QED) is 0.348. The zero-order valence-electron chi connectivity index (χ0n) is 21.2. The third kappa shape index (κ3) is 7.79. The zero-order valence-corrected chi connectivity index (χ0v) is 24.3. The minimum absolute atomic E-state index is 0.552. The minimum atomic E-state index is 0.552. The number of methoxy groups -OCH3 is 1. The Balaban J connectivity index is 0.00000167. The first-order valence-corrected chi connectivity index (χ1v) is 14.5. The summed E-state index contributed by atoms with van der Waals surface area (Å²) in [7, 11) is 5.82. The minimum Gasteiger partial charge on any atom is -0.496 e. The normalized spacial score (nSPS) is 18.7. The largest absolute Gasteiger partial charge is 0.496 e. The Labute approximate surface area is 226 Å². The molecule has 0 unspecified atom stereocenters. The predicted molar refractivity (Wildman–Crippen MR) is 155 cm³/mol. The van der Waals surface area contributed by atoms with Crippen molar-refractivity contribution in [1.82, 2.24) is 15.3 Å². The van der Waals surface area contributed by atoms with Gasteiger partial charge in [0.2, 0.25) is 5.95 Å². The summed E-state index contributed by atoms with van der Waals surface area (Å²) in [4.78, 5) is 11.7. The molecule has 0 saturated heterocycles. The van der Waals surface area contributed by atoms with Crippen molar-refractivity contribution in [3.8, 4) is 5.75 Å². The monoisotopic (exact) mass is 605 g/mol. The van der Waals surface area contributed by atoms with Crippen LogP contribution in [0.15, 0.2) is 40.9 Å². The van der Waals surface area contributed by atoms with E-state index in [2.05, 4.69) is 83.8 Å². The Morgan fingerprint density at radius 1 is 1.09 bits per heavy atom. The van der Waals surface area contributed by atoms with E-state index in [0.717, 1.165) is 47.2 Å². The fourth-order valence-electron chi connectivity index (χ4n) is 4.61. The van der Waals surface area contributed by atoms with Gasteiger partial charge in [-0.3, -0.25) is 0 Å². The number of rotatable bonds is 8. The van der Waals surface area contributed by atoms with Crippen molar-refractivity contribution in [2.75, 3.05) is 43.8 Å². The van der Waals surface area contributed by atoms with Crippen LogP contribution in [0.2, 0.25) is 0 Å². The van der Waals surface area contributed by atoms with E-state index in [4.69, 9.17) is 14.7 Å². The summed E-state index contributed by atoms with van der Waals surface area (Å²) >= 11 is 6.45. The number of anilines is 2. The van der Waals surface area contributed by atoms with E-state index in [0.29, 0.717) is 12.0 Å². The van der Waals surface area contributed by atoms with Gasteiger partial charge in [-0.15, -0.1) is 0 Å². The molecule has 2 aliphatic rings. The lowest BCUT2D eigenvalue weighted by Crippen LogP contribution is -2.34. The molecule has 1 fully saturated rings. The average Bonchev–Trinajstić information content (AvgIpc) is 3.13. The first-order valence-electron chi connectivity index (χ1n) is 12.1. The van der Waals surface area contributed by atoms with Crippen molar-refractivity contribution >= 4 is 49.7 Å². The van der Waals surface area contributed by atoms with E-state index in [9.17, 15) is 0 Å². The van der Waals surface area contributed by atoms with Crippen LogP contribution in [0.5, 0.6) is 5.75 Å². The number of aromatic nitrogens is 2. The maximum absolute atomic E-state index is 5.52. The molecule has 0 amide bonds. The van der Waals surface area contributed by atoms with Crippen LogP contribution in [-0.2, 0) is 13.0 Å². The molecule has 2 N–H and O–H groups in total. The van der Waals surface area contributed by atoms with Crippen LogP contribution in [0.4, 0.5) is 11.8 Å². The second-order valence-electron chi connectivity index (χ2n) is 9.06. The number of hydrogen-bond acceptors (Lipinski definition) is 6. The lowest BCUT2D eigenvalue weighted by molar-refractivity contribution is 0.298. The van der Waals surface area contributed by atoms with E-state index in [1.54, 1.807) is 7.11 Å². The molecule has 1 saturated carbocycles. The number of benzene rings is 1. The Morgan fingerprint density at radius 2 is 1.86 bits per heavy atom. The Morgan fingerprint density at radius 3 is 2.57 bits per heavy atom. The third-order valence-corrected chi connectivity index (χ3v) is 6.98. The number of alkyl halides is 1. The van der Waals surface area contributed by atoms with Crippen molar-refractivity contribution in [2.45, 2.75) is 44.7 Å². The smallest absolute Gasteiger partial charge is 0.225 e. The summed E-state index contributed by atoms with van der Waals surface area (Å²) < 4.78 is 6.56. The van der Waals surface area contributed by atoms with Crippen LogP contribution in [0.1, 0.15) is 42.5 Å². The van der Waals surface area contributed by atoms with Crippen LogP contribution < -0.4 is 20.3 Å². The molecule has 8 heteroatoms. The van der Waals surface area contributed by atoms with Crippen molar-refractivity contribution in [1.29, 1.82) is 0 Å². The first kappa shape index (κ1) is 27.7.